The number of benzene rings is 1. The lowest BCUT2D eigenvalue weighted by molar-refractivity contribution is 0.292. The average molecular weight is 421 g/mol. The van der Waals surface area contributed by atoms with Gasteiger partial charge in [-0.3, -0.25) is 0 Å². The molecule has 28 heavy (non-hydrogen) atoms. The summed E-state index contributed by atoms with van der Waals surface area (Å²) in [6, 6.07) is 3.41. The first-order valence-electron chi connectivity index (χ1n) is 8.68. The van der Waals surface area contributed by atoms with E-state index in [9.17, 15) is 0 Å². The van der Waals surface area contributed by atoms with Crippen LogP contribution in [0.15, 0.2) is 18.3 Å². The zero-order chi connectivity index (χ0) is 19.8. The first-order chi connectivity index (χ1) is 13.5. The molecule has 2 heterocycles. The largest absolute Gasteiger partial charge is 0.495 e. The second kappa shape index (κ2) is 7.48. The Bertz CT molecular complexity index is 1030. The predicted octanol–water partition coefficient (Wildman–Crippen LogP) is 4.39. The number of methoxy groups -OCH3 is 2. The van der Waals surface area contributed by atoms with Crippen molar-refractivity contribution in [1.29, 1.82) is 0 Å². The number of nitrogens with zero attached hydrogens (tertiary/aromatic N) is 3. The van der Waals surface area contributed by atoms with Crippen molar-refractivity contribution in [3.63, 3.8) is 0 Å². The number of hydrogen-bond acceptors (Lipinski definition) is 7. The minimum atomic E-state index is 0.150. The average Bonchev–Trinajstić information content (AvgIpc) is 3.51. The Morgan fingerprint density at radius 1 is 1.07 bits per heavy atom. The molecular weight excluding hydrogens is 403 g/mol. The molecule has 0 saturated heterocycles. The molecule has 4 rings (SSSR count). The Labute approximate surface area is 171 Å². The standard InChI is InChI=1S/C19H18Cl2N4O3/c1-26-12-6-13(27-2)16(21)14(15(12)20)11-5-10-7-23-19(22)25-17(10)18(24-11)28-8-9-3-4-9/h5-7,9H,3-4,8H2,1-2H3,(H2,22,23,25). The van der Waals surface area contributed by atoms with Gasteiger partial charge in [0.15, 0.2) is 0 Å². The number of fused-ring (bicyclic) bond motifs is 1. The summed E-state index contributed by atoms with van der Waals surface area (Å²) >= 11 is 13.1. The summed E-state index contributed by atoms with van der Waals surface area (Å²) in [6.07, 6.45) is 3.92. The highest BCUT2D eigenvalue weighted by atomic mass is 35.5. The fraction of sp³-hybridized carbons (Fsp3) is 0.316. The Morgan fingerprint density at radius 2 is 1.75 bits per heavy atom. The van der Waals surface area contributed by atoms with Crippen LogP contribution in [-0.4, -0.2) is 35.8 Å². The summed E-state index contributed by atoms with van der Waals surface area (Å²) in [7, 11) is 3.04. The molecule has 7 nitrogen and oxygen atoms in total. The number of nitrogens with two attached hydrogens (primary N) is 1. The normalized spacial score (nSPS) is 13.6. The highest BCUT2D eigenvalue weighted by Crippen LogP contribution is 2.46. The van der Waals surface area contributed by atoms with Gasteiger partial charge in [0.2, 0.25) is 11.8 Å². The smallest absolute Gasteiger partial charge is 0.241 e. The van der Waals surface area contributed by atoms with Crippen LogP contribution < -0.4 is 19.9 Å². The molecule has 146 valence electrons. The van der Waals surface area contributed by atoms with E-state index in [4.69, 9.17) is 43.1 Å². The number of nitrogen functional groups attached to an aromatic ring is 1. The number of hydrogen-bond donors (Lipinski definition) is 1. The molecule has 0 aliphatic heterocycles. The lowest BCUT2D eigenvalue weighted by Gasteiger charge is -2.16. The van der Waals surface area contributed by atoms with Crippen molar-refractivity contribution < 1.29 is 14.2 Å². The van der Waals surface area contributed by atoms with E-state index in [0.717, 1.165) is 12.8 Å². The van der Waals surface area contributed by atoms with Crippen LogP contribution in [0.2, 0.25) is 10.0 Å². The van der Waals surface area contributed by atoms with Crippen molar-refractivity contribution in [2.75, 3.05) is 26.6 Å². The Hall–Kier alpha value is -2.51. The topological polar surface area (TPSA) is 92.4 Å². The van der Waals surface area contributed by atoms with Gasteiger partial charge >= 0.3 is 0 Å². The summed E-state index contributed by atoms with van der Waals surface area (Å²) in [5.74, 6) is 1.91. The number of halogens is 2. The Kier molecular flexibility index (Phi) is 5.03. The van der Waals surface area contributed by atoms with Gasteiger partial charge in [-0.05, 0) is 24.8 Å². The van der Waals surface area contributed by atoms with E-state index in [2.05, 4.69) is 15.0 Å². The zero-order valence-electron chi connectivity index (χ0n) is 15.3. The number of aromatic nitrogens is 3. The third kappa shape index (κ3) is 3.47. The van der Waals surface area contributed by atoms with E-state index in [1.165, 1.54) is 14.2 Å². The summed E-state index contributed by atoms with van der Waals surface area (Å²) in [6.45, 7) is 0.568. The maximum absolute atomic E-state index is 6.55. The highest BCUT2D eigenvalue weighted by molar-refractivity contribution is 6.41. The quantitative estimate of drug-likeness (QED) is 0.631. The van der Waals surface area contributed by atoms with Crippen molar-refractivity contribution in [1.82, 2.24) is 15.0 Å². The van der Waals surface area contributed by atoms with Crippen LogP contribution in [0.3, 0.4) is 0 Å². The molecule has 0 bridgehead atoms. The number of ether oxygens (including phenoxy) is 3. The molecule has 2 N–H and O–H groups in total. The molecule has 0 unspecified atom stereocenters. The van der Waals surface area contributed by atoms with Crippen LogP contribution in [-0.2, 0) is 0 Å². The van der Waals surface area contributed by atoms with Crippen LogP contribution in [0, 0.1) is 5.92 Å². The highest BCUT2D eigenvalue weighted by Gasteiger charge is 2.25. The van der Waals surface area contributed by atoms with Gasteiger partial charge in [0.1, 0.15) is 17.0 Å². The van der Waals surface area contributed by atoms with Crippen molar-refractivity contribution >= 4 is 40.1 Å². The minimum absolute atomic E-state index is 0.150. The molecule has 1 aromatic carbocycles. The second-order valence-corrected chi connectivity index (χ2v) is 7.27. The summed E-state index contributed by atoms with van der Waals surface area (Å²) in [5.41, 5.74) is 7.27. The number of rotatable bonds is 6. The Balaban J connectivity index is 1.92. The molecule has 0 atom stereocenters. The second-order valence-electron chi connectivity index (χ2n) is 6.52. The van der Waals surface area contributed by atoms with Gasteiger partial charge in [-0.1, -0.05) is 23.2 Å². The molecule has 0 spiro atoms. The van der Waals surface area contributed by atoms with Crippen LogP contribution in [0.5, 0.6) is 17.4 Å². The molecule has 2 aromatic heterocycles. The van der Waals surface area contributed by atoms with Crippen molar-refractivity contribution in [2.24, 2.45) is 5.92 Å². The molecule has 0 radical (unpaired) electrons. The van der Waals surface area contributed by atoms with E-state index >= 15 is 0 Å². The van der Waals surface area contributed by atoms with Crippen LogP contribution in [0.25, 0.3) is 22.2 Å². The number of pyridine rings is 1. The molecular formula is C19H18Cl2N4O3. The van der Waals surface area contributed by atoms with E-state index in [0.29, 0.717) is 62.1 Å². The summed E-state index contributed by atoms with van der Waals surface area (Å²) in [4.78, 5) is 13.0. The van der Waals surface area contributed by atoms with Crippen molar-refractivity contribution in [2.45, 2.75) is 12.8 Å². The maximum Gasteiger partial charge on any atom is 0.241 e. The van der Waals surface area contributed by atoms with E-state index in [-0.39, 0.29) is 5.95 Å². The molecule has 1 fully saturated rings. The van der Waals surface area contributed by atoms with Gasteiger partial charge in [-0.15, -0.1) is 0 Å². The summed E-state index contributed by atoms with van der Waals surface area (Å²) < 4.78 is 16.7. The van der Waals surface area contributed by atoms with Gasteiger partial charge in [0.05, 0.1) is 36.6 Å². The predicted molar refractivity (Wildman–Crippen MR) is 109 cm³/mol. The SMILES string of the molecule is COc1cc(OC)c(Cl)c(-c2cc3cnc(N)nc3c(OCC3CC3)n2)c1Cl. The third-order valence-corrected chi connectivity index (χ3v) is 5.29. The third-order valence-electron chi connectivity index (χ3n) is 4.53. The zero-order valence-corrected chi connectivity index (χ0v) is 16.8. The fourth-order valence-electron chi connectivity index (χ4n) is 2.84. The molecule has 1 saturated carbocycles. The molecule has 3 aromatic rings. The van der Waals surface area contributed by atoms with Crippen molar-refractivity contribution in [3.8, 4) is 28.6 Å². The lowest BCUT2D eigenvalue weighted by atomic mass is 10.1. The molecule has 0 amide bonds. The number of anilines is 1. The van der Waals surface area contributed by atoms with Crippen LogP contribution in [0.4, 0.5) is 5.95 Å². The van der Waals surface area contributed by atoms with Gasteiger partial charge < -0.3 is 19.9 Å². The van der Waals surface area contributed by atoms with Crippen LogP contribution >= 0.6 is 23.2 Å². The van der Waals surface area contributed by atoms with E-state index in [1.54, 1.807) is 18.3 Å². The van der Waals surface area contributed by atoms with Gasteiger partial charge in [-0.25, -0.2) is 15.0 Å². The van der Waals surface area contributed by atoms with Crippen LogP contribution in [0.1, 0.15) is 12.8 Å². The molecule has 1 aliphatic carbocycles. The summed E-state index contributed by atoms with van der Waals surface area (Å²) in [5, 5.41) is 1.35. The minimum Gasteiger partial charge on any atom is -0.495 e. The first kappa shape index (κ1) is 18.8. The molecule has 9 heteroatoms. The van der Waals surface area contributed by atoms with Gasteiger partial charge in [0.25, 0.3) is 0 Å². The van der Waals surface area contributed by atoms with Gasteiger partial charge in [0, 0.05) is 23.2 Å². The fourth-order valence-corrected chi connectivity index (χ4v) is 3.54. The Morgan fingerprint density at radius 3 is 2.36 bits per heavy atom. The lowest BCUT2D eigenvalue weighted by Crippen LogP contribution is -2.05. The van der Waals surface area contributed by atoms with Gasteiger partial charge in [-0.2, -0.15) is 0 Å². The molecule has 1 aliphatic rings. The van der Waals surface area contributed by atoms with E-state index in [1.807, 2.05) is 0 Å². The first-order valence-corrected chi connectivity index (χ1v) is 9.43. The monoisotopic (exact) mass is 420 g/mol. The maximum atomic E-state index is 6.55. The van der Waals surface area contributed by atoms with E-state index < -0.39 is 0 Å². The van der Waals surface area contributed by atoms with Crippen molar-refractivity contribution in [3.05, 3.63) is 28.4 Å².